The first-order valence-electron chi connectivity index (χ1n) is 5.54. The van der Waals surface area contributed by atoms with Crippen LogP contribution < -0.4 is 5.32 Å². The van der Waals surface area contributed by atoms with E-state index in [2.05, 4.69) is 12.2 Å². The minimum atomic E-state index is 0.748. The quantitative estimate of drug-likeness (QED) is 0.588. The maximum atomic E-state index is 3.51. The maximum absolute atomic E-state index is 3.51. The third-order valence-corrected chi connectivity index (χ3v) is 3.63. The molecule has 2 aliphatic rings. The fraction of sp³-hybridized carbons (Fsp3) is 1.00. The van der Waals surface area contributed by atoms with Gasteiger partial charge in [-0.2, -0.15) is 0 Å². The topological polar surface area (TPSA) is 12.0 Å². The van der Waals surface area contributed by atoms with Crippen LogP contribution in [0.1, 0.15) is 46.5 Å². The minimum absolute atomic E-state index is 0.748. The first-order valence-corrected chi connectivity index (χ1v) is 5.54. The molecule has 0 aromatic heterocycles. The van der Waals surface area contributed by atoms with Crippen molar-refractivity contribution in [1.82, 2.24) is 5.32 Å². The Bertz CT molecular complexity index is 125. The molecule has 2 fully saturated rings. The first kappa shape index (κ1) is 10.0. The zero-order valence-corrected chi connectivity index (χ0v) is 8.82. The lowest BCUT2D eigenvalue weighted by atomic mass is 9.58. The van der Waals surface area contributed by atoms with Crippen molar-refractivity contribution >= 4 is 0 Å². The molecular weight excluding hydrogens is 146 g/mol. The van der Waals surface area contributed by atoms with Gasteiger partial charge in [0.05, 0.1) is 0 Å². The van der Waals surface area contributed by atoms with E-state index < -0.39 is 0 Å². The van der Waals surface area contributed by atoms with Crippen LogP contribution in [0.4, 0.5) is 0 Å². The van der Waals surface area contributed by atoms with Crippen LogP contribution in [0, 0.1) is 11.3 Å². The van der Waals surface area contributed by atoms with Gasteiger partial charge in [0, 0.05) is 6.54 Å². The summed E-state index contributed by atoms with van der Waals surface area (Å²) < 4.78 is 0. The summed E-state index contributed by atoms with van der Waals surface area (Å²) in [6, 6.07) is 0. The number of nitrogens with one attached hydrogen (secondary N) is 1. The van der Waals surface area contributed by atoms with Gasteiger partial charge >= 0.3 is 0 Å². The Balaban J connectivity index is 0.000000336. The molecule has 1 saturated heterocycles. The summed E-state index contributed by atoms with van der Waals surface area (Å²) in [7, 11) is 0. The Morgan fingerprint density at radius 3 is 2.25 bits per heavy atom. The van der Waals surface area contributed by atoms with E-state index in [1.807, 2.05) is 13.8 Å². The van der Waals surface area contributed by atoms with Crippen LogP contribution in [0.15, 0.2) is 0 Å². The molecule has 1 aliphatic carbocycles. The summed E-state index contributed by atoms with van der Waals surface area (Å²) >= 11 is 0. The van der Waals surface area contributed by atoms with Crippen LogP contribution in [-0.2, 0) is 0 Å². The Hall–Kier alpha value is -0.0400. The van der Waals surface area contributed by atoms with E-state index in [0.29, 0.717) is 0 Å². The van der Waals surface area contributed by atoms with Crippen molar-refractivity contribution in [3.05, 3.63) is 0 Å². The molecule has 2 rings (SSSR count). The molecule has 0 amide bonds. The van der Waals surface area contributed by atoms with Gasteiger partial charge in [0.15, 0.2) is 0 Å². The van der Waals surface area contributed by atoms with Crippen LogP contribution in [-0.4, -0.2) is 13.1 Å². The zero-order valence-electron chi connectivity index (χ0n) is 8.82. The van der Waals surface area contributed by atoms with E-state index in [1.165, 1.54) is 38.8 Å². The Morgan fingerprint density at radius 2 is 2.00 bits per heavy atom. The van der Waals surface area contributed by atoms with Gasteiger partial charge in [-0.3, -0.25) is 0 Å². The molecule has 1 heteroatoms. The molecule has 1 spiro atoms. The maximum Gasteiger partial charge on any atom is 0.00104 e. The standard InChI is InChI=1S/C9H17N.C2H6/c1-8-3-5-9(8)4-2-6-10-7-9;1-2/h8,10H,2-7H2,1H3;1-2H3. The molecule has 1 nitrogen and oxygen atoms in total. The summed E-state index contributed by atoms with van der Waals surface area (Å²) in [6.45, 7) is 8.97. The van der Waals surface area contributed by atoms with Crippen molar-refractivity contribution in [2.45, 2.75) is 46.5 Å². The summed E-state index contributed by atoms with van der Waals surface area (Å²) in [5.74, 6) is 1.00. The van der Waals surface area contributed by atoms with E-state index in [1.54, 1.807) is 0 Å². The average molecular weight is 169 g/mol. The molecule has 12 heavy (non-hydrogen) atoms. The normalized spacial score (nSPS) is 39.8. The largest absolute Gasteiger partial charge is 0.316 e. The highest BCUT2D eigenvalue weighted by Crippen LogP contribution is 2.50. The smallest absolute Gasteiger partial charge is 0.00104 e. The number of hydrogen-bond donors (Lipinski definition) is 1. The van der Waals surface area contributed by atoms with Crippen molar-refractivity contribution in [1.29, 1.82) is 0 Å². The van der Waals surface area contributed by atoms with Gasteiger partial charge < -0.3 is 5.32 Å². The summed E-state index contributed by atoms with van der Waals surface area (Å²) in [4.78, 5) is 0. The predicted octanol–water partition coefficient (Wildman–Crippen LogP) is 2.81. The van der Waals surface area contributed by atoms with Crippen LogP contribution >= 0.6 is 0 Å². The van der Waals surface area contributed by atoms with Gasteiger partial charge in [-0.1, -0.05) is 20.8 Å². The van der Waals surface area contributed by atoms with Crippen LogP contribution in [0.25, 0.3) is 0 Å². The highest BCUT2D eigenvalue weighted by molar-refractivity contribution is 4.96. The van der Waals surface area contributed by atoms with Gasteiger partial charge in [-0.15, -0.1) is 0 Å². The average Bonchev–Trinajstić information content (AvgIpc) is 2.20. The third kappa shape index (κ3) is 1.66. The Kier molecular flexibility index (Phi) is 3.57. The van der Waals surface area contributed by atoms with E-state index in [9.17, 15) is 0 Å². The number of piperidine rings is 1. The number of hydrogen-bond acceptors (Lipinski definition) is 1. The van der Waals surface area contributed by atoms with Crippen molar-refractivity contribution in [3.8, 4) is 0 Å². The molecule has 2 atom stereocenters. The van der Waals surface area contributed by atoms with E-state index in [4.69, 9.17) is 0 Å². The SMILES string of the molecule is CC.CC1CCC12CCCNC2. The van der Waals surface area contributed by atoms with Gasteiger partial charge in [-0.05, 0) is 43.6 Å². The van der Waals surface area contributed by atoms with Gasteiger partial charge in [0.25, 0.3) is 0 Å². The second-order valence-electron chi connectivity index (χ2n) is 4.08. The monoisotopic (exact) mass is 169 g/mol. The van der Waals surface area contributed by atoms with E-state index in [0.717, 1.165) is 11.3 Å². The molecule has 0 bridgehead atoms. The first-order chi connectivity index (χ1) is 5.83. The molecule has 0 radical (unpaired) electrons. The Labute approximate surface area is 76.9 Å². The fourth-order valence-electron chi connectivity index (χ4n) is 2.47. The molecular formula is C11H23N. The molecule has 72 valence electrons. The fourth-order valence-corrected chi connectivity index (χ4v) is 2.47. The second kappa shape index (κ2) is 4.27. The van der Waals surface area contributed by atoms with Gasteiger partial charge in [0.2, 0.25) is 0 Å². The molecule has 1 heterocycles. The Morgan fingerprint density at radius 1 is 1.25 bits per heavy atom. The molecule has 0 aromatic carbocycles. The number of rotatable bonds is 0. The van der Waals surface area contributed by atoms with Crippen molar-refractivity contribution in [2.75, 3.05) is 13.1 Å². The lowest BCUT2D eigenvalue weighted by Gasteiger charge is -2.51. The van der Waals surface area contributed by atoms with Crippen LogP contribution in [0.3, 0.4) is 0 Å². The van der Waals surface area contributed by atoms with Crippen molar-refractivity contribution in [2.24, 2.45) is 11.3 Å². The highest BCUT2D eigenvalue weighted by Gasteiger charge is 2.43. The molecule has 1 N–H and O–H groups in total. The van der Waals surface area contributed by atoms with Gasteiger partial charge in [0.1, 0.15) is 0 Å². The molecule has 2 unspecified atom stereocenters. The van der Waals surface area contributed by atoms with Gasteiger partial charge in [-0.25, -0.2) is 0 Å². The predicted molar refractivity (Wildman–Crippen MR) is 54.3 cm³/mol. The van der Waals surface area contributed by atoms with Crippen molar-refractivity contribution in [3.63, 3.8) is 0 Å². The lowest BCUT2D eigenvalue weighted by molar-refractivity contribution is 0.0170. The minimum Gasteiger partial charge on any atom is -0.316 e. The summed E-state index contributed by atoms with van der Waals surface area (Å²) in [6.07, 6.45) is 5.86. The summed E-state index contributed by atoms with van der Waals surface area (Å²) in [5, 5.41) is 3.51. The molecule has 1 aliphatic heterocycles. The van der Waals surface area contributed by atoms with E-state index >= 15 is 0 Å². The summed E-state index contributed by atoms with van der Waals surface area (Å²) in [5.41, 5.74) is 0.748. The van der Waals surface area contributed by atoms with Crippen molar-refractivity contribution < 1.29 is 0 Å². The van der Waals surface area contributed by atoms with E-state index in [-0.39, 0.29) is 0 Å². The molecule has 1 saturated carbocycles. The highest BCUT2D eigenvalue weighted by atomic mass is 14.9. The van der Waals surface area contributed by atoms with Crippen LogP contribution in [0.2, 0.25) is 0 Å². The molecule has 0 aromatic rings. The second-order valence-corrected chi connectivity index (χ2v) is 4.08. The zero-order chi connectivity index (χ0) is 9.03. The lowest BCUT2D eigenvalue weighted by Crippen LogP contribution is -2.49. The van der Waals surface area contributed by atoms with Crippen LogP contribution in [0.5, 0.6) is 0 Å². The third-order valence-electron chi connectivity index (χ3n) is 3.63.